The minimum Gasteiger partial charge on any atom is -0.353 e. The first-order chi connectivity index (χ1) is 22.8. The van der Waals surface area contributed by atoms with Gasteiger partial charge in [-0.25, -0.2) is 17.8 Å². The number of aromatic nitrogens is 3. The highest BCUT2D eigenvalue weighted by molar-refractivity contribution is 7.89. The second-order valence-corrected chi connectivity index (χ2v) is 14.7. The van der Waals surface area contributed by atoms with Crippen LogP contribution in [0.15, 0.2) is 78.0 Å². The Hall–Kier alpha value is -3.84. The summed E-state index contributed by atoms with van der Waals surface area (Å²) in [6.07, 6.45) is 8.48. The van der Waals surface area contributed by atoms with E-state index in [9.17, 15) is 12.8 Å². The minimum atomic E-state index is -3.71. The summed E-state index contributed by atoms with van der Waals surface area (Å²) in [7, 11) is -1.65. The lowest BCUT2D eigenvalue weighted by Crippen LogP contribution is -2.49. The number of nitrogens with one attached hydrogen (secondary N) is 1. The van der Waals surface area contributed by atoms with Gasteiger partial charge in [-0.1, -0.05) is 0 Å². The van der Waals surface area contributed by atoms with Crippen LogP contribution in [0.1, 0.15) is 36.9 Å². The quantitative estimate of drug-likeness (QED) is 0.237. The number of nitrogens with zero attached hydrogens (tertiary/aromatic N) is 7. The third-order valence-corrected chi connectivity index (χ3v) is 11.8. The average Bonchev–Trinajstić information content (AvgIpc) is 3.84. The molecule has 248 valence electrons. The van der Waals surface area contributed by atoms with Crippen LogP contribution in [-0.2, 0) is 30.0 Å². The maximum atomic E-state index is 14.2. The van der Waals surface area contributed by atoms with E-state index in [1.165, 1.54) is 24.6 Å². The van der Waals surface area contributed by atoms with Crippen LogP contribution >= 0.6 is 0 Å². The molecule has 3 aliphatic heterocycles. The predicted octanol–water partition coefficient (Wildman–Crippen LogP) is 5.14. The number of aryl methyl sites for hydroxylation is 1. The molecule has 0 unspecified atom stereocenters. The number of anilines is 4. The number of rotatable bonds is 11. The Bertz CT molecular complexity index is 1780. The van der Waals surface area contributed by atoms with E-state index in [2.05, 4.69) is 54.9 Å². The maximum Gasteiger partial charge on any atom is 0.243 e. The highest BCUT2D eigenvalue weighted by Crippen LogP contribution is 2.34. The summed E-state index contributed by atoms with van der Waals surface area (Å²) >= 11 is 0. The lowest BCUT2D eigenvalue weighted by Gasteiger charge is -2.38. The van der Waals surface area contributed by atoms with Crippen LogP contribution < -0.4 is 10.2 Å². The molecular weight excluding hydrogens is 616 g/mol. The number of hydrogen-bond donors (Lipinski definition) is 1. The first kappa shape index (κ1) is 31.7. The van der Waals surface area contributed by atoms with Crippen LogP contribution in [0.2, 0.25) is 0 Å². The summed E-state index contributed by atoms with van der Waals surface area (Å²) in [6.45, 7) is 6.65. The zero-order chi connectivity index (χ0) is 32.4. The topological polar surface area (TPSA) is 89.8 Å². The van der Waals surface area contributed by atoms with Gasteiger partial charge in [0, 0.05) is 81.8 Å². The molecule has 2 saturated heterocycles. The smallest absolute Gasteiger partial charge is 0.243 e. The van der Waals surface area contributed by atoms with E-state index < -0.39 is 10.0 Å². The molecule has 4 aromatic rings. The van der Waals surface area contributed by atoms with E-state index in [-0.39, 0.29) is 11.9 Å². The average molecular weight is 659 g/mol. The van der Waals surface area contributed by atoms with Gasteiger partial charge in [0.25, 0.3) is 0 Å². The van der Waals surface area contributed by atoms with Gasteiger partial charge in [0.05, 0.1) is 4.90 Å². The number of halogens is 1. The molecule has 1 N–H and O–H groups in total. The first-order valence-electron chi connectivity index (χ1n) is 16.7. The van der Waals surface area contributed by atoms with Crippen molar-refractivity contribution in [2.45, 2.75) is 49.6 Å². The molecule has 10 nitrogen and oxygen atoms in total. The number of fused-ring (bicyclic) bond motifs is 1. The first-order valence-corrected chi connectivity index (χ1v) is 18.1. The van der Waals surface area contributed by atoms with E-state index in [0.717, 1.165) is 75.6 Å². The molecule has 3 aliphatic rings. The molecule has 0 saturated carbocycles. The van der Waals surface area contributed by atoms with Crippen molar-refractivity contribution in [1.82, 2.24) is 28.6 Å². The molecule has 7 rings (SSSR count). The Morgan fingerprint density at radius 1 is 0.957 bits per heavy atom. The zero-order valence-corrected chi connectivity index (χ0v) is 27.7. The molecule has 2 aromatic heterocycles. The van der Waals surface area contributed by atoms with Gasteiger partial charge in [0.2, 0.25) is 16.0 Å². The van der Waals surface area contributed by atoms with Crippen molar-refractivity contribution < 1.29 is 12.8 Å². The summed E-state index contributed by atoms with van der Waals surface area (Å²) in [4.78, 5) is 16.3. The lowest BCUT2D eigenvalue weighted by molar-refractivity contribution is 0.145. The third-order valence-electron chi connectivity index (χ3n) is 9.81. The molecule has 0 aliphatic carbocycles. The highest BCUT2D eigenvalue weighted by Gasteiger charge is 2.34. The molecule has 0 bridgehead atoms. The fourth-order valence-corrected chi connectivity index (χ4v) is 8.82. The number of hydrogen-bond acceptors (Lipinski definition) is 8. The molecule has 2 fully saturated rings. The van der Waals surface area contributed by atoms with Crippen LogP contribution in [0.3, 0.4) is 0 Å². The van der Waals surface area contributed by atoms with Crippen LogP contribution in [0.25, 0.3) is 0 Å². The normalized spacial score (nSPS) is 17.9. The van der Waals surface area contributed by atoms with E-state index in [4.69, 9.17) is 4.98 Å². The number of benzene rings is 2. The van der Waals surface area contributed by atoms with Crippen molar-refractivity contribution in [3.8, 4) is 0 Å². The van der Waals surface area contributed by atoms with Crippen LogP contribution in [0, 0.1) is 5.82 Å². The monoisotopic (exact) mass is 658 g/mol. The molecule has 2 aromatic carbocycles. The van der Waals surface area contributed by atoms with Gasteiger partial charge >= 0.3 is 0 Å². The number of piperidine rings is 1. The van der Waals surface area contributed by atoms with E-state index in [1.807, 2.05) is 6.07 Å². The Balaban J connectivity index is 1.04. The van der Waals surface area contributed by atoms with E-state index >= 15 is 0 Å². The van der Waals surface area contributed by atoms with Gasteiger partial charge in [0.1, 0.15) is 11.6 Å². The van der Waals surface area contributed by atoms with Crippen molar-refractivity contribution >= 4 is 33.2 Å². The molecule has 12 heteroatoms. The second kappa shape index (κ2) is 13.7. The maximum absolute atomic E-state index is 14.2. The number of likely N-dealkylation sites (tertiary alicyclic amines) is 2. The predicted molar refractivity (Wildman–Crippen MR) is 182 cm³/mol. The molecule has 0 amide bonds. The van der Waals surface area contributed by atoms with Crippen LogP contribution in [0.5, 0.6) is 0 Å². The van der Waals surface area contributed by atoms with Crippen molar-refractivity contribution in [1.29, 1.82) is 0 Å². The summed E-state index contributed by atoms with van der Waals surface area (Å²) in [5, 5.41) is 3.23. The molecule has 0 atom stereocenters. The minimum absolute atomic E-state index is 0.0339. The van der Waals surface area contributed by atoms with Gasteiger partial charge in [-0.3, -0.25) is 4.90 Å². The van der Waals surface area contributed by atoms with Gasteiger partial charge < -0.3 is 19.7 Å². The largest absolute Gasteiger partial charge is 0.353 e. The molecule has 0 spiro atoms. The van der Waals surface area contributed by atoms with Crippen molar-refractivity contribution in [2.24, 2.45) is 7.05 Å². The van der Waals surface area contributed by atoms with Gasteiger partial charge in [0.15, 0.2) is 0 Å². The Morgan fingerprint density at radius 3 is 2.49 bits per heavy atom. The van der Waals surface area contributed by atoms with Crippen molar-refractivity contribution in [3.05, 3.63) is 90.1 Å². The fraction of sp³-hybridized carbons (Fsp3) is 0.429. The van der Waals surface area contributed by atoms with Gasteiger partial charge in [-0.2, -0.15) is 9.29 Å². The highest BCUT2D eigenvalue weighted by atomic mass is 32.2. The standard InChI is InChI=1S/C35H43FN8O2S/c1-40-17-4-5-31(40)26-42-20-14-30(15-21-42)44(24-23-41-18-2-3-19-41)47(45,46)32-9-7-29(8-10-32)38-35-37-16-12-34(39-35)43-22-13-27-25-28(36)6-11-33(27)43/h4-12,16-17,25,30H,2-3,13-15,18-24,26H2,1H3,(H,37,38,39). The summed E-state index contributed by atoms with van der Waals surface area (Å²) in [6, 6.07) is 17.8. The molecular formula is C35H43FN8O2S. The van der Waals surface area contributed by atoms with Crippen molar-refractivity contribution in [2.75, 3.05) is 56.0 Å². The lowest BCUT2D eigenvalue weighted by atomic mass is 10.0. The van der Waals surface area contributed by atoms with Crippen LogP contribution in [-0.4, -0.2) is 88.9 Å². The second-order valence-electron chi connectivity index (χ2n) is 12.8. The molecule has 0 radical (unpaired) electrons. The van der Waals surface area contributed by atoms with Gasteiger partial charge in [-0.05, 0) is 111 Å². The summed E-state index contributed by atoms with van der Waals surface area (Å²) in [5.41, 5.74) is 3.87. The number of sulfonamides is 1. The fourth-order valence-electron chi connectivity index (χ4n) is 7.14. The van der Waals surface area contributed by atoms with Crippen molar-refractivity contribution in [3.63, 3.8) is 0 Å². The Kier molecular flexibility index (Phi) is 9.26. The zero-order valence-electron chi connectivity index (χ0n) is 26.9. The third kappa shape index (κ3) is 7.06. The van der Waals surface area contributed by atoms with Gasteiger partial charge in [-0.15, -0.1) is 0 Å². The Morgan fingerprint density at radius 2 is 1.74 bits per heavy atom. The van der Waals surface area contributed by atoms with E-state index in [0.29, 0.717) is 29.6 Å². The SMILES string of the molecule is Cn1cccc1CN1CCC(N(CCN2CCCC2)S(=O)(=O)c2ccc(Nc3nccc(N4CCc5cc(F)ccc54)n3)cc2)CC1. The summed E-state index contributed by atoms with van der Waals surface area (Å²) in [5.74, 6) is 0.887. The molecule has 47 heavy (non-hydrogen) atoms. The van der Waals surface area contributed by atoms with Crippen LogP contribution in [0.4, 0.5) is 27.5 Å². The Labute approximate surface area is 276 Å². The van der Waals surface area contributed by atoms with E-state index in [1.54, 1.807) is 46.9 Å². The summed E-state index contributed by atoms with van der Waals surface area (Å²) < 4.78 is 46.1. The molecule has 5 heterocycles.